The number of rotatable bonds is 3. The van der Waals surface area contributed by atoms with Crippen LogP contribution in [0.4, 0.5) is 4.79 Å². The standard InChI is InChI=1S/C12H21N3O5/c1-6(2)15(11(18)14-7(3)13)10-12(4,19)9(17)8(5-16)20-10/h8-10,16-17,19H,1,5H2,2-4H3,(H2,13,14,18)/t8-,9+,10-,12?/m1/s1. The summed E-state index contributed by atoms with van der Waals surface area (Å²) in [4.78, 5) is 16.6. The average molecular weight is 287 g/mol. The topological polar surface area (TPSA) is 129 Å². The fourth-order valence-corrected chi connectivity index (χ4v) is 2.03. The van der Waals surface area contributed by atoms with Gasteiger partial charge in [0.15, 0.2) is 6.23 Å². The summed E-state index contributed by atoms with van der Waals surface area (Å²) in [5, 5.41) is 29.4. The maximum Gasteiger partial charge on any atom is 0.351 e. The van der Waals surface area contributed by atoms with Crippen molar-refractivity contribution >= 4 is 11.9 Å². The van der Waals surface area contributed by atoms with Gasteiger partial charge in [-0.15, -0.1) is 0 Å². The molecule has 0 aromatic rings. The molecule has 0 aromatic heterocycles. The van der Waals surface area contributed by atoms with E-state index in [4.69, 9.17) is 15.6 Å². The molecule has 8 nitrogen and oxygen atoms in total. The van der Waals surface area contributed by atoms with E-state index in [0.29, 0.717) is 0 Å². The van der Waals surface area contributed by atoms with Gasteiger partial charge < -0.3 is 25.8 Å². The first-order valence-electron chi connectivity index (χ1n) is 6.09. The van der Waals surface area contributed by atoms with Crippen LogP contribution in [0.25, 0.3) is 0 Å². The molecular weight excluding hydrogens is 266 g/mol. The third-order valence-corrected chi connectivity index (χ3v) is 3.06. The normalized spacial score (nSPS) is 34.1. The second-order valence-electron chi connectivity index (χ2n) is 5.02. The zero-order valence-electron chi connectivity index (χ0n) is 11.8. The molecule has 1 fully saturated rings. The highest BCUT2D eigenvalue weighted by Gasteiger charge is 2.55. The van der Waals surface area contributed by atoms with Crippen molar-refractivity contribution in [2.24, 2.45) is 10.7 Å². The maximum absolute atomic E-state index is 12.0. The predicted octanol–water partition coefficient (Wildman–Crippen LogP) is -0.852. The van der Waals surface area contributed by atoms with Crippen molar-refractivity contribution in [3.63, 3.8) is 0 Å². The summed E-state index contributed by atoms with van der Waals surface area (Å²) in [7, 11) is 0. The van der Waals surface area contributed by atoms with Gasteiger partial charge in [0, 0.05) is 5.70 Å². The molecule has 8 heteroatoms. The Labute approximate surface area is 117 Å². The summed E-state index contributed by atoms with van der Waals surface area (Å²) in [5.41, 5.74) is 3.84. The molecule has 1 unspecified atom stereocenters. The number of aliphatic hydroxyl groups excluding tert-OH is 2. The largest absolute Gasteiger partial charge is 0.394 e. The fourth-order valence-electron chi connectivity index (χ4n) is 2.03. The quantitative estimate of drug-likeness (QED) is 0.395. The van der Waals surface area contributed by atoms with E-state index in [9.17, 15) is 15.0 Å². The van der Waals surface area contributed by atoms with Gasteiger partial charge in [0.1, 0.15) is 23.6 Å². The van der Waals surface area contributed by atoms with Gasteiger partial charge >= 0.3 is 6.03 Å². The number of ether oxygens (including phenoxy) is 1. The molecular formula is C12H21N3O5. The van der Waals surface area contributed by atoms with Crippen LogP contribution in [0.3, 0.4) is 0 Å². The van der Waals surface area contributed by atoms with E-state index in [1.807, 2.05) is 0 Å². The van der Waals surface area contributed by atoms with Crippen molar-refractivity contribution in [1.82, 2.24) is 4.90 Å². The van der Waals surface area contributed by atoms with Crippen LogP contribution in [0, 0.1) is 0 Å². The summed E-state index contributed by atoms with van der Waals surface area (Å²) in [6.07, 6.45) is -3.58. The average Bonchev–Trinajstić information content (AvgIpc) is 2.51. The highest BCUT2D eigenvalue weighted by molar-refractivity contribution is 5.92. The maximum atomic E-state index is 12.0. The summed E-state index contributed by atoms with van der Waals surface area (Å²) in [6.45, 7) is 7.40. The monoisotopic (exact) mass is 287 g/mol. The number of nitrogens with two attached hydrogens (primary N) is 1. The molecule has 0 aliphatic carbocycles. The first kappa shape index (κ1) is 16.6. The number of nitrogens with zero attached hydrogens (tertiary/aromatic N) is 2. The third kappa shape index (κ3) is 2.98. The van der Waals surface area contributed by atoms with Crippen LogP contribution in [-0.2, 0) is 4.74 Å². The Kier molecular flexibility index (Phi) is 4.87. The molecule has 1 aliphatic rings. The molecule has 0 saturated carbocycles. The Hall–Kier alpha value is -1.48. The van der Waals surface area contributed by atoms with E-state index in [-0.39, 0.29) is 11.5 Å². The first-order valence-corrected chi connectivity index (χ1v) is 6.09. The zero-order valence-corrected chi connectivity index (χ0v) is 11.8. The van der Waals surface area contributed by atoms with Crippen LogP contribution in [0.1, 0.15) is 20.8 Å². The number of amidine groups is 1. The number of amides is 2. The molecule has 0 radical (unpaired) electrons. The van der Waals surface area contributed by atoms with E-state index in [0.717, 1.165) is 4.90 Å². The second-order valence-corrected chi connectivity index (χ2v) is 5.02. The number of aliphatic imine (C=N–C) groups is 1. The van der Waals surface area contributed by atoms with Crippen LogP contribution < -0.4 is 5.73 Å². The van der Waals surface area contributed by atoms with Crippen LogP contribution in [0.2, 0.25) is 0 Å². The molecule has 1 aliphatic heterocycles. The SMILES string of the molecule is C=C(C)N(C(=O)/N=C(\C)N)[C@@H]1O[C@H](CO)[C@H](O)C1(C)O. The Morgan fingerprint density at radius 2 is 2.10 bits per heavy atom. The van der Waals surface area contributed by atoms with Gasteiger partial charge in [0.25, 0.3) is 0 Å². The molecule has 0 aromatic carbocycles. The lowest BCUT2D eigenvalue weighted by Gasteiger charge is -2.34. The summed E-state index contributed by atoms with van der Waals surface area (Å²) >= 11 is 0. The number of aliphatic hydroxyl groups is 3. The highest BCUT2D eigenvalue weighted by Crippen LogP contribution is 2.34. The molecule has 1 heterocycles. The lowest BCUT2D eigenvalue weighted by Crippen LogP contribution is -2.53. The minimum absolute atomic E-state index is 0.0400. The van der Waals surface area contributed by atoms with Crippen molar-refractivity contribution < 1.29 is 24.9 Å². The number of hydrogen-bond donors (Lipinski definition) is 4. The van der Waals surface area contributed by atoms with Crippen molar-refractivity contribution in [3.8, 4) is 0 Å². The number of carbonyl (C=O) groups is 1. The van der Waals surface area contributed by atoms with Gasteiger partial charge in [-0.05, 0) is 20.8 Å². The Morgan fingerprint density at radius 1 is 1.55 bits per heavy atom. The van der Waals surface area contributed by atoms with Crippen LogP contribution >= 0.6 is 0 Å². The highest BCUT2D eigenvalue weighted by atomic mass is 16.6. The van der Waals surface area contributed by atoms with Gasteiger partial charge in [-0.3, -0.25) is 4.90 Å². The summed E-state index contributed by atoms with van der Waals surface area (Å²) < 4.78 is 5.35. The number of allylic oxidation sites excluding steroid dienone is 1. The molecule has 4 atom stereocenters. The van der Waals surface area contributed by atoms with Gasteiger partial charge in [-0.1, -0.05) is 6.58 Å². The third-order valence-electron chi connectivity index (χ3n) is 3.06. The lowest BCUT2D eigenvalue weighted by molar-refractivity contribution is -0.108. The molecule has 1 rings (SSSR count). The molecule has 5 N–H and O–H groups in total. The Balaban J connectivity index is 3.13. The van der Waals surface area contributed by atoms with Crippen LogP contribution in [-0.4, -0.2) is 62.7 Å². The van der Waals surface area contributed by atoms with Gasteiger partial charge in [-0.25, -0.2) is 4.79 Å². The number of hydrogen-bond acceptors (Lipinski definition) is 5. The van der Waals surface area contributed by atoms with E-state index in [1.165, 1.54) is 20.8 Å². The zero-order chi connectivity index (χ0) is 15.7. The molecule has 114 valence electrons. The fraction of sp³-hybridized carbons (Fsp3) is 0.667. The van der Waals surface area contributed by atoms with Crippen molar-refractivity contribution in [3.05, 3.63) is 12.3 Å². The second kappa shape index (κ2) is 5.88. The van der Waals surface area contributed by atoms with Crippen LogP contribution in [0.5, 0.6) is 0 Å². The molecule has 20 heavy (non-hydrogen) atoms. The smallest absolute Gasteiger partial charge is 0.351 e. The number of urea groups is 1. The number of carbonyl (C=O) groups excluding carboxylic acids is 1. The summed E-state index contributed by atoms with van der Waals surface area (Å²) in [5.74, 6) is 0.0400. The Morgan fingerprint density at radius 3 is 2.45 bits per heavy atom. The molecule has 1 saturated heterocycles. The van der Waals surface area contributed by atoms with E-state index >= 15 is 0 Å². The lowest BCUT2D eigenvalue weighted by atomic mass is 9.96. The molecule has 0 bridgehead atoms. The molecule has 2 amide bonds. The Bertz CT molecular complexity index is 431. The van der Waals surface area contributed by atoms with E-state index in [2.05, 4.69) is 11.6 Å². The van der Waals surface area contributed by atoms with Gasteiger partial charge in [0.2, 0.25) is 0 Å². The van der Waals surface area contributed by atoms with Gasteiger partial charge in [-0.2, -0.15) is 4.99 Å². The predicted molar refractivity (Wildman–Crippen MR) is 71.7 cm³/mol. The minimum atomic E-state index is -1.78. The minimum Gasteiger partial charge on any atom is -0.394 e. The van der Waals surface area contributed by atoms with Crippen molar-refractivity contribution in [2.75, 3.05) is 6.61 Å². The van der Waals surface area contributed by atoms with Crippen molar-refractivity contribution in [2.45, 2.75) is 44.8 Å². The first-order chi connectivity index (χ1) is 9.12. The van der Waals surface area contributed by atoms with E-state index in [1.54, 1.807) is 0 Å². The van der Waals surface area contributed by atoms with Gasteiger partial charge in [0.05, 0.1) is 6.61 Å². The van der Waals surface area contributed by atoms with Crippen molar-refractivity contribution in [1.29, 1.82) is 0 Å². The van der Waals surface area contributed by atoms with E-state index < -0.39 is 36.7 Å². The summed E-state index contributed by atoms with van der Waals surface area (Å²) in [6, 6.07) is -0.770. The molecule has 0 spiro atoms. The van der Waals surface area contributed by atoms with Crippen LogP contribution in [0.15, 0.2) is 17.3 Å².